The number of ether oxygens (including phenoxy) is 1. The third-order valence-electron chi connectivity index (χ3n) is 2.61. The fraction of sp³-hybridized carbons (Fsp3) is 0.538. The van der Waals surface area contributed by atoms with E-state index in [4.69, 9.17) is 16.3 Å². The number of halogens is 1. The Kier molecular flexibility index (Phi) is 7.01. The third kappa shape index (κ3) is 5.39. The highest BCUT2D eigenvalue weighted by Crippen LogP contribution is 2.22. The highest BCUT2D eigenvalue weighted by Gasteiger charge is 2.01. The molecule has 1 rings (SSSR count). The molecule has 0 aliphatic rings. The molecule has 0 atom stereocenters. The number of benzene rings is 1. The van der Waals surface area contributed by atoms with Crippen molar-refractivity contribution >= 4 is 11.6 Å². The summed E-state index contributed by atoms with van der Waals surface area (Å²) in [4.78, 5) is 0. The monoisotopic (exact) mass is 256 g/mol. The van der Waals surface area contributed by atoms with Crippen molar-refractivity contribution in [1.29, 1.82) is 0 Å². The molecule has 0 amide bonds. The van der Waals surface area contributed by atoms with Crippen LogP contribution < -0.4 is 15.4 Å². The number of unbranched alkanes of at least 4 members (excludes halogenated alkanes) is 1. The molecule has 3 nitrogen and oxygen atoms in total. The molecule has 96 valence electrons. The topological polar surface area (TPSA) is 33.3 Å². The zero-order valence-electron chi connectivity index (χ0n) is 10.6. The Balaban J connectivity index is 2.27. The summed E-state index contributed by atoms with van der Waals surface area (Å²) >= 11 is 6.14. The van der Waals surface area contributed by atoms with Crippen LogP contribution >= 0.6 is 11.6 Å². The van der Waals surface area contributed by atoms with Gasteiger partial charge in [0.05, 0.1) is 7.11 Å². The molecule has 0 aromatic heterocycles. The molecular weight excluding hydrogens is 236 g/mol. The molecular formula is C13H21ClN2O. The van der Waals surface area contributed by atoms with Crippen molar-refractivity contribution in [2.45, 2.75) is 19.4 Å². The molecule has 0 heterocycles. The summed E-state index contributed by atoms with van der Waals surface area (Å²) in [5, 5.41) is 7.28. The normalized spacial score (nSPS) is 10.5. The number of methoxy groups -OCH3 is 1. The maximum atomic E-state index is 6.14. The molecule has 0 fully saturated rings. The van der Waals surface area contributed by atoms with Crippen LogP contribution in [0.15, 0.2) is 18.2 Å². The van der Waals surface area contributed by atoms with Crippen LogP contribution in [-0.4, -0.2) is 27.2 Å². The van der Waals surface area contributed by atoms with Gasteiger partial charge in [-0.3, -0.25) is 0 Å². The highest BCUT2D eigenvalue weighted by atomic mass is 35.5. The van der Waals surface area contributed by atoms with Gasteiger partial charge in [-0.1, -0.05) is 17.7 Å². The van der Waals surface area contributed by atoms with Crippen molar-refractivity contribution in [3.63, 3.8) is 0 Å². The lowest BCUT2D eigenvalue weighted by molar-refractivity contribution is 0.414. The van der Waals surface area contributed by atoms with Crippen LogP contribution in [0.4, 0.5) is 0 Å². The molecule has 0 spiro atoms. The van der Waals surface area contributed by atoms with Crippen molar-refractivity contribution in [3.8, 4) is 5.75 Å². The Bertz CT molecular complexity index is 331. The summed E-state index contributed by atoms with van der Waals surface area (Å²) in [7, 11) is 3.62. The molecule has 0 aliphatic heterocycles. The van der Waals surface area contributed by atoms with Gasteiger partial charge in [0.25, 0.3) is 0 Å². The second kappa shape index (κ2) is 8.34. The minimum atomic E-state index is 0.757. The second-order valence-corrected chi connectivity index (χ2v) is 4.35. The molecule has 1 aromatic rings. The third-order valence-corrected chi connectivity index (χ3v) is 2.96. The van der Waals surface area contributed by atoms with Crippen LogP contribution in [-0.2, 0) is 6.54 Å². The molecule has 17 heavy (non-hydrogen) atoms. The maximum absolute atomic E-state index is 6.14. The van der Waals surface area contributed by atoms with Crippen molar-refractivity contribution in [2.24, 2.45) is 0 Å². The van der Waals surface area contributed by atoms with Crippen LogP contribution in [0.25, 0.3) is 0 Å². The first kappa shape index (κ1) is 14.3. The number of hydrogen-bond donors (Lipinski definition) is 2. The van der Waals surface area contributed by atoms with E-state index in [0.29, 0.717) is 0 Å². The molecule has 0 radical (unpaired) electrons. The minimum Gasteiger partial charge on any atom is -0.497 e. The van der Waals surface area contributed by atoms with Gasteiger partial charge in [0.1, 0.15) is 5.75 Å². The van der Waals surface area contributed by atoms with E-state index < -0.39 is 0 Å². The Morgan fingerprint density at radius 1 is 1.24 bits per heavy atom. The quantitative estimate of drug-likeness (QED) is 0.701. The van der Waals surface area contributed by atoms with Crippen LogP contribution in [0, 0.1) is 0 Å². The fourth-order valence-corrected chi connectivity index (χ4v) is 1.81. The average molecular weight is 257 g/mol. The predicted octanol–water partition coefficient (Wildman–Crippen LogP) is 2.44. The zero-order valence-corrected chi connectivity index (χ0v) is 11.3. The molecule has 0 bridgehead atoms. The van der Waals surface area contributed by atoms with Crippen molar-refractivity contribution in [2.75, 3.05) is 27.2 Å². The Hall–Kier alpha value is -0.770. The van der Waals surface area contributed by atoms with Gasteiger partial charge in [0.15, 0.2) is 0 Å². The minimum absolute atomic E-state index is 0.757. The van der Waals surface area contributed by atoms with E-state index in [0.717, 1.165) is 36.0 Å². The molecule has 0 saturated carbocycles. The SMILES string of the molecule is CNCCCCNCc1ccc(OC)cc1Cl. The lowest BCUT2D eigenvalue weighted by Crippen LogP contribution is -2.17. The number of hydrogen-bond acceptors (Lipinski definition) is 3. The molecule has 2 N–H and O–H groups in total. The van der Waals surface area contributed by atoms with Crippen molar-refractivity contribution in [3.05, 3.63) is 28.8 Å². The summed E-state index contributed by atoms with van der Waals surface area (Å²) in [6.45, 7) is 2.90. The van der Waals surface area contributed by atoms with E-state index >= 15 is 0 Å². The van der Waals surface area contributed by atoms with Crippen LogP contribution in [0.3, 0.4) is 0 Å². The lowest BCUT2D eigenvalue weighted by atomic mass is 10.2. The highest BCUT2D eigenvalue weighted by molar-refractivity contribution is 6.31. The van der Waals surface area contributed by atoms with Gasteiger partial charge in [-0.05, 0) is 50.7 Å². The van der Waals surface area contributed by atoms with Crippen LogP contribution in [0.1, 0.15) is 18.4 Å². The van der Waals surface area contributed by atoms with E-state index in [2.05, 4.69) is 10.6 Å². The van der Waals surface area contributed by atoms with Crippen LogP contribution in [0.2, 0.25) is 5.02 Å². The average Bonchev–Trinajstić information content (AvgIpc) is 2.35. The van der Waals surface area contributed by atoms with E-state index in [1.54, 1.807) is 7.11 Å². The zero-order chi connectivity index (χ0) is 12.5. The molecule has 1 aromatic carbocycles. The number of nitrogens with one attached hydrogen (secondary N) is 2. The molecule has 0 unspecified atom stereocenters. The standard InChI is InChI=1S/C13H21ClN2O/c1-15-7-3-4-8-16-10-11-5-6-12(17-2)9-13(11)14/h5-6,9,15-16H,3-4,7-8,10H2,1-2H3. The van der Waals surface area contributed by atoms with Gasteiger partial charge in [-0.2, -0.15) is 0 Å². The first-order chi connectivity index (χ1) is 8.27. The van der Waals surface area contributed by atoms with E-state index in [1.165, 1.54) is 12.8 Å². The van der Waals surface area contributed by atoms with E-state index in [9.17, 15) is 0 Å². The first-order valence-electron chi connectivity index (χ1n) is 5.95. The summed E-state index contributed by atoms with van der Waals surface area (Å²) in [5.74, 6) is 0.799. The molecule has 0 saturated heterocycles. The van der Waals surface area contributed by atoms with Gasteiger partial charge >= 0.3 is 0 Å². The summed E-state index contributed by atoms with van der Waals surface area (Å²) in [6.07, 6.45) is 2.37. The lowest BCUT2D eigenvalue weighted by Gasteiger charge is -2.08. The van der Waals surface area contributed by atoms with Gasteiger partial charge in [0.2, 0.25) is 0 Å². The Labute approximate surface area is 109 Å². The second-order valence-electron chi connectivity index (χ2n) is 3.94. The van der Waals surface area contributed by atoms with E-state index in [1.807, 2.05) is 25.2 Å². The molecule has 0 aliphatic carbocycles. The fourth-order valence-electron chi connectivity index (χ4n) is 1.57. The molecule has 4 heteroatoms. The Morgan fingerprint density at radius 2 is 2.00 bits per heavy atom. The largest absolute Gasteiger partial charge is 0.497 e. The van der Waals surface area contributed by atoms with Gasteiger partial charge in [-0.15, -0.1) is 0 Å². The summed E-state index contributed by atoms with van der Waals surface area (Å²) in [6, 6.07) is 5.78. The van der Waals surface area contributed by atoms with Gasteiger partial charge in [-0.25, -0.2) is 0 Å². The van der Waals surface area contributed by atoms with Crippen molar-refractivity contribution in [1.82, 2.24) is 10.6 Å². The van der Waals surface area contributed by atoms with Gasteiger partial charge < -0.3 is 15.4 Å². The maximum Gasteiger partial charge on any atom is 0.120 e. The first-order valence-corrected chi connectivity index (χ1v) is 6.33. The van der Waals surface area contributed by atoms with E-state index in [-0.39, 0.29) is 0 Å². The van der Waals surface area contributed by atoms with Crippen LogP contribution in [0.5, 0.6) is 5.75 Å². The van der Waals surface area contributed by atoms with Crippen molar-refractivity contribution < 1.29 is 4.74 Å². The summed E-state index contributed by atoms with van der Waals surface area (Å²) < 4.78 is 5.11. The van der Waals surface area contributed by atoms with Gasteiger partial charge in [0, 0.05) is 11.6 Å². The smallest absolute Gasteiger partial charge is 0.120 e. The number of rotatable bonds is 8. The predicted molar refractivity (Wildman–Crippen MR) is 72.9 cm³/mol. The Morgan fingerprint density at radius 3 is 2.65 bits per heavy atom. The summed E-state index contributed by atoms with van der Waals surface area (Å²) in [5.41, 5.74) is 1.11.